The van der Waals surface area contributed by atoms with Crippen LogP contribution in [-0.2, 0) is 18.6 Å². The molecule has 162 valence electrons. The molecule has 3 N–H and O–H groups in total. The SMILES string of the molecule is CCCC(OC(CCC)C(C)(CC)C(C)OP(=O)(O)O)C(C)(C)CC(=O)O. The number of aliphatic carboxylic acids is 1. The molecule has 0 amide bonds. The van der Waals surface area contributed by atoms with E-state index in [2.05, 4.69) is 0 Å². The molecule has 0 heterocycles. The van der Waals surface area contributed by atoms with Gasteiger partial charge >= 0.3 is 13.8 Å². The maximum absolute atomic E-state index is 11.4. The molecule has 0 bridgehead atoms. The number of phosphoric acid groups is 1. The fourth-order valence-electron chi connectivity index (χ4n) is 3.53. The highest BCUT2D eigenvalue weighted by atomic mass is 31.2. The van der Waals surface area contributed by atoms with Crippen molar-refractivity contribution in [3.8, 4) is 0 Å². The largest absolute Gasteiger partial charge is 0.481 e. The number of phosphoric ester groups is 1. The molecule has 4 unspecified atom stereocenters. The van der Waals surface area contributed by atoms with Gasteiger partial charge in [0.05, 0.1) is 24.7 Å². The second kappa shape index (κ2) is 10.9. The van der Waals surface area contributed by atoms with E-state index in [0.717, 1.165) is 12.8 Å². The van der Waals surface area contributed by atoms with E-state index in [0.29, 0.717) is 19.3 Å². The van der Waals surface area contributed by atoms with E-state index in [-0.39, 0.29) is 18.6 Å². The van der Waals surface area contributed by atoms with Crippen LogP contribution in [0.1, 0.15) is 87.0 Å². The van der Waals surface area contributed by atoms with Gasteiger partial charge in [-0.25, -0.2) is 4.57 Å². The third-order valence-corrected chi connectivity index (χ3v) is 6.22. The fraction of sp³-hybridized carbons (Fsp3) is 0.947. The number of rotatable bonds is 14. The fourth-order valence-corrected chi connectivity index (χ4v) is 4.18. The number of carboxylic acids is 1. The number of hydrogen-bond acceptors (Lipinski definition) is 4. The van der Waals surface area contributed by atoms with Gasteiger partial charge in [0.15, 0.2) is 0 Å². The Labute approximate surface area is 164 Å². The zero-order valence-corrected chi connectivity index (χ0v) is 18.8. The van der Waals surface area contributed by atoms with Crippen LogP contribution in [0.3, 0.4) is 0 Å². The van der Waals surface area contributed by atoms with Gasteiger partial charge in [0.25, 0.3) is 0 Å². The summed E-state index contributed by atoms with van der Waals surface area (Å²) in [5.74, 6) is -0.867. The van der Waals surface area contributed by atoms with Crippen LogP contribution >= 0.6 is 7.82 Å². The van der Waals surface area contributed by atoms with Crippen molar-refractivity contribution in [2.75, 3.05) is 0 Å². The first kappa shape index (κ1) is 26.5. The second-order valence-corrected chi connectivity index (χ2v) is 9.54. The van der Waals surface area contributed by atoms with E-state index in [4.69, 9.17) is 9.26 Å². The Morgan fingerprint density at radius 1 is 1.04 bits per heavy atom. The molecule has 0 aromatic rings. The lowest BCUT2D eigenvalue weighted by Crippen LogP contribution is -2.47. The molecule has 8 heteroatoms. The van der Waals surface area contributed by atoms with Gasteiger partial charge in [-0.05, 0) is 26.2 Å². The van der Waals surface area contributed by atoms with Crippen LogP contribution in [0.5, 0.6) is 0 Å². The minimum atomic E-state index is -4.62. The summed E-state index contributed by atoms with van der Waals surface area (Å²) < 4.78 is 22.9. The van der Waals surface area contributed by atoms with E-state index >= 15 is 0 Å². The van der Waals surface area contributed by atoms with Crippen LogP contribution < -0.4 is 0 Å². The zero-order chi connectivity index (χ0) is 21.5. The van der Waals surface area contributed by atoms with Crippen molar-refractivity contribution in [2.45, 2.75) is 105 Å². The summed E-state index contributed by atoms with van der Waals surface area (Å²) in [5.41, 5.74) is -1.18. The van der Waals surface area contributed by atoms with Gasteiger partial charge in [-0.3, -0.25) is 9.32 Å². The van der Waals surface area contributed by atoms with Gasteiger partial charge in [-0.2, -0.15) is 0 Å². The number of carbonyl (C=O) groups is 1. The number of carboxylic acid groups (broad SMARTS) is 1. The lowest BCUT2D eigenvalue weighted by Gasteiger charge is -2.45. The van der Waals surface area contributed by atoms with Crippen molar-refractivity contribution >= 4 is 13.8 Å². The highest BCUT2D eigenvalue weighted by Crippen LogP contribution is 2.46. The molecular formula is C19H39O7P. The van der Waals surface area contributed by atoms with Crippen LogP contribution in [0, 0.1) is 10.8 Å². The van der Waals surface area contributed by atoms with Gasteiger partial charge in [-0.15, -0.1) is 0 Å². The summed E-state index contributed by atoms with van der Waals surface area (Å²) in [5, 5.41) is 9.26. The lowest BCUT2D eigenvalue weighted by atomic mass is 9.74. The summed E-state index contributed by atoms with van der Waals surface area (Å²) in [6.07, 6.45) is 2.40. The van der Waals surface area contributed by atoms with Crippen LogP contribution in [0.15, 0.2) is 0 Å². The molecule has 0 radical (unpaired) electrons. The molecule has 0 aliphatic rings. The quantitative estimate of drug-likeness (QED) is 0.354. The highest BCUT2D eigenvalue weighted by Gasteiger charge is 2.44. The van der Waals surface area contributed by atoms with Crippen molar-refractivity contribution in [1.29, 1.82) is 0 Å². The van der Waals surface area contributed by atoms with E-state index in [1.165, 1.54) is 0 Å². The summed E-state index contributed by atoms with van der Waals surface area (Å²) in [7, 11) is -4.62. The average Bonchev–Trinajstić information content (AvgIpc) is 2.49. The molecule has 0 saturated carbocycles. The average molecular weight is 410 g/mol. The van der Waals surface area contributed by atoms with Crippen molar-refractivity contribution in [2.24, 2.45) is 10.8 Å². The Morgan fingerprint density at radius 3 is 1.89 bits per heavy atom. The molecule has 0 aliphatic heterocycles. The predicted molar refractivity (Wildman–Crippen MR) is 105 cm³/mol. The van der Waals surface area contributed by atoms with E-state index in [1.54, 1.807) is 6.92 Å². The highest BCUT2D eigenvalue weighted by molar-refractivity contribution is 7.46. The van der Waals surface area contributed by atoms with E-state index in [9.17, 15) is 24.3 Å². The van der Waals surface area contributed by atoms with Crippen LogP contribution in [0.25, 0.3) is 0 Å². The molecule has 0 fully saturated rings. The van der Waals surface area contributed by atoms with Crippen molar-refractivity contribution in [3.05, 3.63) is 0 Å². The van der Waals surface area contributed by atoms with Gasteiger partial charge < -0.3 is 19.6 Å². The van der Waals surface area contributed by atoms with Gasteiger partial charge in [0.2, 0.25) is 0 Å². The van der Waals surface area contributed by atoms with Crippen molar-refractivity contribution < 1.29 is 33.5 Å². The third kappa shape index (κ3) is 8.61. The number of hydrogen-bond donors (Lipinski definition) is 3. The molecule has 0 saturated heterocycles. The van der Waals surface area contributed by atoms with Crippen molar-refractivity contribution in [3.63, 3.8) is 0 Å². The third-order valence-electron chi connectivity index (χ3n) is 5.63. The smallest absolute Gasteiger partial charge is 0.469 e. The molecule has 0 aromatic carbocycles. The molecule has 0 aromatic heterocycles. The molecule has 4 atom stereocenters. The Bertz CT molecular complexity index is 502. The minimum Gasteiger partial charge on any atom is -0.481 e. The zero-order valence-electron chi connectivity index (χ0n) is 17.9. The first-order valence-corrected chi connectivity index (χ1v) is 11.4. The van der Waals surface area contributed by atoms with Crippen LogP contribution in [0.4, 0.5) is 0 Å². The Kier molecular flexibility index (Phi) is 10.7. The van der Waals surface area contributed by atoms with Gasteiger partial charge in [-0.1, -0.05) is 54.4 Å². The Morgan fingerprint density at radius 2 is 1.52 bits per heavy atom. The predicted octanol–water partition coefficient (Wildman–Crippen LogP) is 4.76. The topological polar surface area (TPSA) is 113 Å². The van der Waals surface area contributed by atoms with Crippen molar-refractivity contribution in [1.82, 2.24) is 0 Å². The molecule has 0 aliphatic carbocycles. The second-order valence-electron chi connectivity index (χ2n) is 8.35. The lowest BCUT2D eigenvalue weighted by molar-refractivity contribution is -0.161. The molecular weight excluding hydrogens is 371 g/mol. The maximum Gasteiger partial charge on any atom is 0.469 e. The van der Waals surface area contributed by atoms with Crippen LogP contribution in [0.2, 0.25) is 0 Å². The first-order valence-electron chi connectivity index (χ1n) is 9.84. The standard InChI is InChI=1S/C19H39O7P/c1-8-11-15(18(5,6)13-17(20)21)25-16(12-9-2)19(7,10-3)14(4)26-27(22,23)24/h14-16H,8-13H2,1-7H3,(H,20,21)(H2,22,23,24). The summed E-state index contributed by atoms with van der Waals surface area (Å²) in [6.45, 7) is 13.4. The molecule has 0 spiro atoms. The summed E-state index contributed by atoms with van der Waals surface area (Å²) in [6, 6.07) is 0. The number of ether oxygens (including phenoxy) is 1. The first-order chi connectivity index (χ1) is 12.2. The normalized spacial score (nSPS) is 18.6. The van der Waals surface area contributed by atoms with Gasteiger partial charge in [0.1, 0.15) is 0 Å². The van der Waals surface area contributed by atoms with Gasteiger partial charge in [0, 0.05) is 10.8 Å². The molecule has 0 rings (SSSR count). The maximum atomic E-state index is 11.4. The molecule has 7 nitrogen and oxygen atoms in total. The van der Waals surface area contributed by atoms with Crippen LogP contribution in [-0.4, -0.2) is 39.2 Å². The molecule has 27 heavy (non-hydrogen) atoms. The van der Waals surface area contributed by atoms with E-state index < -0.39 is 30.7 Å². The monoisotopic (exact) mass is 410 g/mol. The minimum absolute atomic E-state index is 0.00606. The summed E-state index contributed by atoms with van der Waals surface area (Å²) in [4.78, 5) is 29.8. The summed E-state index contributed by atoms with van der Waals surface area (Å²) >= 11 is 0. The Balaban J connectivity index is 5.73. The van der Waals surface area contributed by atoms with E-state index in [1.807, 2.05) is 41.5 Å². The Hall–Kier alpha value is -0.460.